The van der Waals surface area contributed by atoms with Crippen LogP contribution >= 0.6 is 0 Å². The zero-order valence-corrected chi connectivity index (χ0v) is 12.3. The molecule has 2 saturated carbocycles. The molecule has 0 atom stereocenters. The van der Waals surface area contributed by atoms with Crippen molar-refractivity contribution in [3.05, 3.63) is 23.5 Å². The normalized spacial score (nSPS) is 18.1. The molecule has 1 amide bonds. The summed E-state index contributed by atoms with van der Waals surface area (Å²) in [4.78, 5) is 16.8. The summed E-state index contributed by atoms with van der Waals surface area (Å²) in [6.45, 7) is 4.78. The van der Waals surface area contributed by atoms with Gasteiger partial charge in [0.25, 0.3) is 5.91 Å². The van der Waals surface area contributed by atoms with Crippen molar-refractivity contribution >= 4 is 11.6 Å². The van der Waals surface area contributed by atoms with Gasteiger partial charge >= 0.3 is 0 Å². The first kappa shape index (κ1) is 13.4. The summed E-state index contributed by atoms with van der Waals surface area (Å²) in [5, 5.41) is 6.52. The lowest BCUT2D eigenvalue weighted by molar-refractivity contribution is 0.0927. The van der Waals surface area contributed by atoms with Gasteiger partial charge in [0.15, 0.2) is 0 Å². The highest BCUT2D eigenvalue weighted by atomic mass is 16.1. The zero-order valence-electron chi connectivity index (χ0n) is 12.3. The van der Waals surface area contributed by atoms with Crippen molar-refractivity contribution < 1.29 is 4.79 Å². The number of anilines is 1. The summed E-state index contributed by atoms with van der Waals surface area (Å²) in [5.74, 6) is 1.46. The van der Waals surface area contributed by atoms with Crippen molar-refractivity contribution in [2.24, 2.45) is 11.8 Å². The molecule has 0 radical (unpaired) electrons. The first-order valence-corrected chi connectivity index (χ1v) is 7.70. The lowest BCUT2D eigenvalue weighted by Gasteiger charge is -2.19. The molecule has 2 N–H and O–H groups in total. The molecule has 4 nitrogen and oxygen atoms in total. The van der Waals surface area contributed by atoms with Crippen LogP contribution in [-0.2, 0) is 0 Å². The Morgan fingerprint density at radius 1 is 1.35 bits per heavy atom. The summed E-state index contributed by atoms with van der Waals surface area (Å²) in [6, 6.07) is 2.33. The average molecular weight is 273 g/mol. The van der Waals surface area contributed by atoms with E-state index in [9.17, 15) is 4.79 Å². The van der Waals surface area contributed by atoms with Crippen molar-refractivity contribution in [1.82, 2.24) is 10.3 Å². The minimum atomic E-state index is 0.0252. The Bertz CT molecular complexity index is 494. The zero-order chi connectivity index (χ0) is 14.1. The highest BCUT2D eigenvalue weighted by molar-refractivity contribution is 5.99. The maximum absolute atomic E-state index is 12.5. The van der Waals surface area contributed by atoms with Crippen LogP contribution in [0.1, 0.15) is 48.7 Å². The Morgan fingerprint density at radius 2 is 2.00 bits per heavy atom. The van der Waals surface area contributed by atoms with Gasteiger partial charge in [-0.1, -0.05) is 0 Å². The fraction of sp³-hybridized carbons (Fsp3) is 0.625. The molecular weight excluding hydrogens is 250 g/mol. The van der Waals surface area contributed by atoms with Crippen molar-refractivity contribution in [3.63, 3.8) is 0 Å². The van der Waals surface area contributed by atoms with E-state index >= 15 is 0 Å². The van der Waals surface area contributed by atoms with Crippen LogP contribution in [0.3, 0.4) is 0 Å². The topological polar surface area (TPSA) is 54.0 Å². The summed E-state index contributed by atoms with van der Waals surface area (Å²) in [7, 11) is 0. The molecule has 4 heteroatoms. The van der Waals surface area contributed by atoms with Crippen LogP contribution in [0.2, 0.25) is 0 Å². The first-order valence-electron chi connectivity index (χ1n) is 7.70. The van der Waals surface area contributed by atoms with Gasteiger partial charge in [0.1, 0.15) is 0 Å². The second kappa shape index (κ2) is 5.43. The molecular formula is C16H23N3O. The molecule has 0 bridgehead atoms. The number of nitrogens with one attached hydrogen (secondary N) is 2. The molecule has 0 aromatic carbocycles. The molecule has 2 aliphatic rings. The Balaban J connectivity index is 1.75. The Kier molecular flexibility index (Phi) is 3.64. The van der Waals surface area contributed by atoms with Crippen molar-refractivity contribution in [2.75, 3.05) is 11.9 Å². The summed E-state index contributed by atoms with van der Waals surface area (Å²) >= 11 is 0. The Hall–Kier alpha value is -1.58. The average Bonchev–Trinajstić information content (AvgIpc) is 3.28. The number of amides is 1. The third-order valence-electron chi connectivity index (χ3n) is 4.21. The molecule has 108 valence electrons. The Morgan fingerprint density at radius 3 is 2.55 bits per heavy atom. The third-order valence-corrected chi connectivity index (χ3v) is 4.21. The highest BCUT2D eigenvalue weighted by Crippen LogP contribution is 2.44. The molecule has 2 fully saturated rings. The first-order chi connectivity index (χ1) is 9.69. The van der Waals surface area contributed by atoms with Gasteiger partial charge in [-0.2, -0.15) is 0 Å². The number of nitrogens with zero attached hydrogens (tertiary/aromatic N) is 1. The number of rotatable bonds is 6. The van der Waals surface area contributed by atoms with Gasteiger partial charge in [0.05, 0.1) is 11.3 Å². The number of aryl methyl sites for hydroxylation is 1. The van der Waals surface area contributed by atoms with Crippen LogP contribution in [0.4, 0.5) is 5.69 Å². The number of hydrogen-bond donors (Lipinski definition) is 2. The summed E-state index contributed by atoms with van der Waals surface area (Å²) < 4.78 is 0. The molecule has 2 aliphatic carbocycles. The van der Waals surface area contributed by atoms with Crippen molar-refractivity contribution in [3.8, 4) is 0 Å². The van der Waals surface area contributed by atoms with Crippen LogP contribution in [0.25, 0.3) is 0 Å². The van der Waals surface area contributed by atoms with Crippen LogP contribution in [0, 0.1) is 18.8 Å². The molecule has 20 heavy (non-hydrogen) atoms. The smallest absolute Gasteiger partial charge is 0.255 e. The third kappa shape index (κ3) is 2.94. The molecule has 1 aromatic rings. The monoisotopic (exact) mass is 273 g/mol. The minimum absolute atomic E-state index is 0.0252. The van der Waals surface area contributed by atoms with Crippen molar-refractivity contribution in [1.29, 1.82) is 0 Å². The standard InChI is InChI=1S/C16H23N3O/c1-3-17-14-8-10(2)18-9-13(14)16(20)19-15(11-4-5-11)12-6-7-12/h8-9,11-12,15H,3-7H2,1-2H3,(H,17,18)(H,19,20). The Labute approximate surface area is 120 Å². The molecule has 0 saturated heterocycles. The van der Waals surface area contributed by atoms with E-state index in [0.717, 1.165) is 17.9 Å². The van der Waals surface area contributed by atoms with Crippen LogP contribution in [0.5, 0.6) is 0 Å². The minimum Gasteiger partial charge on any atom is -0.385 e. The predicted octanol–water partition coefficient (Wildman–Crippen LogP) is 2.74. The fourth-order valence-corrected chi connectivity index (χ4v) is 2.84. The van der Waals surface area contributed by atoms with Crippen LogP contribution in [-0.4, -0.2) is 23.5 Å². The van der Waals surface area contributed by atoms with Gasteiger partial charge < -0.3 is 10.6 Å². The lowest BCUT2D eigenvalue weighted by atomic mass is 10.1. The SMILES string of the molecule is CCNc1cc(C)ncc1C(=O)NC(C1CC1)C1CC1. The summed E-state index contributed by atoms with van der Waals surface area (Å²) in [5.41, 5.74) is 2.49. The number of carbonyl (C=O) groups is 1. The molecule has 0 aliphatic heterocycles. The van der Waals surface area contributed by atoms with E-state index < -0.39 is 0 Å². The lowest BCUT2D eigenvalue weighted by Crippen LogP contribution is -2.38. The van der Waals surface area contributed by atoms with Gasteiger partial charge in [-0.25, -0.2) is 0 Å². The molecule has 1 aromatic heterocycles. The summed E-state index contributed by atoms with van der Waals surface area (Å²) in [6.07, 6.45) is 6.78. The van der Waals surface area contributed by atoms with E-state index in [1.165, 1.54) is 25.7 Å². The number of aromatic nitrogens is 1. The number of carbonyl (C=O) groups excluding carboxylic acids is 1. The maximum atomic E-state index is 12.5. The maximum Gasteiger partial charge on any atom is 0.255 e. The van der Waals surface area contributed by atoms with Gasteiger partial charge in [-0.15, -0.1) is 0 Å². The molecule has 0 unspecified atom stereocenters. The van der Waals surface area contributed by atoms with Gasteiger partial charge in [0.2, 0.25) is 0 Å². The van der Waals surface area contributed by atoms with Crippen molar-refractivity contribution in [2.45, 2.75) is 45.6 Å². The largest absolute Gasteiger partial charge is 0.385 e. The van der Waals surface area contributed by atoms with Gasteiger partial charge in [-0.3, -0.25) is 9.78 Å². The highest BCUT2D eigenvalue weighted by Gasteiger charge is 2.42. The number of pyridine rings is 1. The molecule has 1 heterocycles. The van der Waals surface area contributed by atoms with E-state index in [1.807, 2.05) is 19.9 Å². The van der Waals surface area contributed by atoms with E-state index in [4.69, 9.17) is 0 Å². The molecule has 0 spiro atoms. The predicted molar refractivity (Wildman–Crippen MR) is 79.8 cm³/mol. The van der Waals surface area contributed by atoms with E-state index in [0.29, 0.717) is 23.4 Å². The quantitative estimate of drug-likeness (QED) is 0.838. The fourth-order valence-electron chi connectivity index (χ4n) is 2.84. The van der Waals surface area contributed by atoms with E-state index in [2.05, 4.69) is 15.6 Å². The molecule has 3 rings (SSSR count). The van der Waals surface area contributed by atoms with Crippen LogP contribution < -0.4 is 10.6 Å². The van der Waals surface area contributed by atoms with E-state index in [-0.39, 0.29) is 5.91 Å². The second-order valence-electron chi connectivity index (χ2n) is 6.08. The van der Waals surface area contributed by atoms with Gasteiger partial charge in [0, 0.05) is 24.5 Å². The number of hydrogen-bond acceptors (Lipinski definition) is 3. The second-order valence-corrected chi connectivity index (χ2v) is 6.08. The van der Waals surface area contributed by atoms with Gasteiger partial charge in [-0.05, 0) is 57.4 Å². The van der Waals surface area contributed by atoms with E-state index in [1.54, 1.807) is 6.20 Å². The van der Waals surface area contributed by atoms with Crippen LogP contribution in [0.15, 0.2) is 12.3 Å².